The van der Waals surface area contributed by atoms with Gasteiger partial charge in [-0.25, -0.2) is 15.0 Å². The molecule has 3 rings (SSSR count). The Labute approximate surface area is 106 Å². The van der Waals surface area contributed by atoms with Gasteiger partial charge in [0.25, 0.3) is 0 Å². The minimum absolute atomic E-state index is 0.456. The number of rotatable bonds is 2. The molecular formula is C10H8ClN5S. The summed E-state index contributed by atoms with van der Waals surface area (Å²) in [5.41, 5.74) is 1.54. The average molecular weight is 266 g/mol. The molecule has 5 nitrogen and oxygen atoms in total. The molecule has 0 spiro atoms. The second kappa shape index (κ2) is 3.97. The lowest BCUT2D eigenvalue weighted by atomic mass is 10.3. The normalized spacial score (nSPS) is 10.9. The van der Waals surface area contributed by atoms with E-state index in [1.165, 1.54) is 11.3 Å². The smallest absolute Gasteiger partial charge is 0.222 e. The Morgan fingerprint density at radius 3 is 3.12 bits per heavy atom. The number of anilines is 1. The van der Waals surface area contributed by atoms with Crippen molar-refractivity contribution in [1.82, 2.24) is 19.4 Å². The molecular weight excluding hydrogens is 258 g/mol. The zero-order valence-corrected chi connectivity index (χ0v) is 10.5. The van der Waals surface area contributed by atoms with E-state index in [-0.39, 0.29) is 0 Å². The van der Waals surface area contributed by atoms with Crippen LogP contribution in [-0.2, 0) is 0 Å². The summed E-state index contributed by atoms with van der Waals surface area (Å²) < 4.78 is 1.93. The summed E-state index contributed by atoms with van der Waals surface area (Å²) in [4.78, 5) is 13.6. The highest BCUT2D eigenvalue weighted by Crippen LogP contribution is 2.29. The van der Waals surface area contributed by atoms with Crippen molar-refractivity contribution in [1.29, 1.82) is 0 Å². The Balaban J connectivity index is 2.25. The number of thiazole rings is 1. The number of imidazole rings is 1. The molecule has 3 heterocycles. The summed E-state index contributed by atoms with van der Waals surface area (Å²) in [6, 6.07) is 1.81. The van der Waals surface area contributed by atoms with Crippen LogP contribution in [-0.4, -0.2) is 26.4 Å². The van der Waals surface area contributed by atoms with Crippen molar-refractivity contribution in [2.45, 2.75) is 0 Å². The number of nitrogens with one attached hydrogen (secondary N) is 1. The summed E-state index contributed by atoms with van der Waals surface area (Å²) >= 11 is 7.67. The third-order valence-corrected chi connectivity index (χ3v) is 3.36. The van der Waals surface area contributed by atoms with E-state index in [1.807, 2.05) is 22.0 Å². The molecule has 7 heteroatoms. The van der Waals surface area contributed by atoms with Crippen LogP contribution in [0.2, 0.25) is 5.15 Å². The van der Waals surface area contributed by atoms with Crippen LogP contribution in [0, 0.1) is 0 Å². The molecule has 3 aromatic heterocycles. The van der Waals surface area contributed by atoms with E-state index >= 15 is 0 Å². The van der Waals surface area contributed by atoms with Gasteiger partial charge in [0.2, 0.25) is 5.95 Å². The van der Waals surface area contributed by atoms with Gasteiger partial charge in [0.15, 0.2) is 10.1 Å². The molecule has 3 aromatic rings. The third kappa shape index (κ3) is 1.65. The molecule has 0 aliphatic heterocycles. The number of nitrogens with zero attached hydrogens (tertiary/aromatic N) is 4. The lowest BCUT2D eigenvalue weighted by molar-refractivity contribution is 1.13. The van der Waals surface area contributed by atoms with E-state index in [0.717, 1.165) is 16.3 Å². The van der Waals surface area contributed by atoms with Crippen molar-refractivity contribution >= 4 is 33.8 Å². The molecule has 0 radical (unpaired) electrons. The Morgan fingerprint density at radius 2 is 2.29 bits per heavy atom. The first-order valence-corrected chi connectivity index (χ1v) is 6.17. The van der Waals surface area contributed by atoms with E-state index in [4.69, 9.17) is 11.6 Å². The van der Waals surface area contributed by atoms with Gasteiger partial charge in [-0.1, -0.05) is 11.6 Å². The molecule has 0 aliphatic rings. The predicted molar refractivity (Wildman–Crippen MR) is 68.7 cm³/mol. The zero-order valence-electron chi connectivity index (χ0n) is 8.88. The van der Waals surface area contributed by atoms with Gasteiger partial charge >= 0.3 is 0 Å². The van der Waals surface area contributed by atoms with Crippen molar-refractivity contribution in [3.8, 4) is 11.4 Å². The first-order chi connectivity index (χ1) is 8.29. The number of hydrogen-bond acceptors (Lipinski definition) is 5. The largest absolute Gasteiger partial charge is 0.357 e. The standard InChI is InChI=1S/C10H8ClN5S/c1-12-9-13-3-2-6(14-9)7-8(11)15-10-16(7)4-5-17-10/h2-5H,1H3,(H,12,13,14). The Kier molecular flexibility index (Phi) is 2.45. The van der Waals surface area contributed by atoms with Gasteiger partial charge in [-0.2, -0.15) is 0 Å². The topological polar surface area (TPSA) is 55.1 Å². The van der Waals surface area contributed by atoms with Crippen LogP contribution < -0.4 is 5.32 Å². The highest BCUT2D eigenvalue weighted by Gasteiger charge is 2.14. The minimum Gasteiger partial charge on any atom is -0.357 e. The zero-order chi connectivity index (χ0) is 11.8. The molecule has 0 fully saturated rings. The van der Waals surface area contributed by atoms with Gasteiger partial charge < -0.3 is 5.32 Å². The van der Waals surface area contributed by atoms with Crippen molar-refractivity contribution in [3.63, 3.8) is 0 Å². The fraction of sp³-hybridized carbons (Fsp3) is 0.100. The summed E-state index contributed by atoms with van der Waals surface area (Å²) in [7, 11) is 1.78. The quantitative estimate of drug-likeness (QED) is 0.774. The average Bonchev–Trinajstić information content (AvgIpc) is 2.88. The third-order valence-electron chi connectivity index (χ3n) is 2.34. The minimum atomic E-state index is 0.456. The fourth-order valence-electron chi connectivity index (χ4n) is 1.60. The number of hydrogen-bond donors (Lipinski definition) is 1. The lowest BCUT2D eigenvalue weighted by Crippen LogP contribution is -1.97. The second-order valence-electron chi connectivity index (χ2n) is 3.32. The van der Waals surface area contributed by atoms with Crippen molar-refractivity contribution in [3.05, 3.63) is 29.0 Å². The van der Waals surface area contributed by atoms with Gasteiger partial charge in [-0.15, -0.1) is 11.3 Å². The van der Waals surface area contributed by atoms with Gasteiger partial charge in [-0.05, 0) is 6.07 Å². The maximum absolute atomic E-state index is 6.13. The summed E-state index contributed by atoms with van der Waals surface area (Å²) in [5, 5.41) is 5.32. The van der Waals surface area contributed by atoms with E-state index in [0.29, 0.717) is 11.1 Å². The highest BCUT2D eigenvalue weighted by atomic mass is 35.5. The maximum Gasteiger partial charge on any atom is 0.222 e. The number of fused-ring (bicyclic) bond motifs is 1. The molecule has 0 saturated heterocycles. The molecule has 0 atom stereocenters. The van der Waals surface area contributed by atoms with Crippen LogP contribution >= 0.6 is 22.9 Å². The Bertz CT molecular complexity index is 674. The first-order valence-electron chi connectivity index (χ1n) is 4.92. The molecule has 0 aliphatic carbocycles. The maximum atomic E-state index is 6.13. The molecule has 1 N–H and O–H groups in total. The van der Waals surface area contributed by atoms with Crippen LogP contribution in [0.4, 0.5) is 5.95 Å². The highest BCUT2D eigenvalue weighted by molar-refractivity contribution is 7.15. The summed E-state index contributed by atoms with van der Waals surface area (Å²) in [5.74, 6) is 0.559. The van der Waals surface area contributed by atoms with Gasteiger partial charge in [0.1, 0.15) is 5.69 Å². The fourth-order valence-corrected chi connectivity index (χ4v) is 2.63. The molecule has 17 heavy (non-hydrogen) atoms. The monoisotopic (exact) mass is 265 g/mol. The van der Waals surface area contributed by atoms with Gasteiger partial charge in [0.05, 0.1) is 5.69 Å². The number of halogens is 1. The molecule has 0 saturated carbocycles. The van der Waals surface area contributed by atoms with Crippen LogP contribution in [0.1, 0.15) is 0 Å². The van der Waals surface area contributed by atoms with Gasteiger partial charge in [0, 0.05) is 24.8 Å². The molecule has 0 aromatic carbocycles. The number of aromatic nitrogens is 4. The molecule has 0 unspecified atom stereocenters. The first kappa shape index (κ1) is 10.5. The SMILES string of the molecule is CNc1nccc(-c2c(Cl)nc3sccn23)n1. The van der Waals surface area contributed by atoms with E-state index in [2.05, 4.69) is 20.3 Å². The Hall–Kier alpha value is -1.66. The van der Waals surface area contributed by atoms with E-state index < -0.39 is 0 Å². The van der Waals surface area contributed by atoms with Gasteiger partial charge in [-0.3, -0.25) is 4.40 Å². The predicted octanol–water partition coefficient (Wildman–Crippen LogP) is 2.55. The van der Waals surface area contributed by atoms with E-state index in [1.54, 1.807) is 13.2 Å². The summed E-state index contributed by atoms with van der Waals surface area (Å²) in [6.07, 6.45) is 3.62. The summed E-state index contributed by atoms with van der Waals surface area (Å²) in [6.45, 7) is 0. The van der Waals surface area contributed by atoms with Crippen molar-refractivity contribution in [2.24, 2.45) is 0 Å². The second-order valence-corrected chi connectivity index (χ2v) is 4.55. The Morgan fingerprint density at radius 1 is 1.41 bits per heavy atom. The molecule has 86 valence electrons. The lowest BCUT2D eigenvalue weighted by Gasteiger charge is -2.02. The molecule has 0 bridgehead atoms. The van der Waals surface area contributed by atoms with Crippen molar-refractivity contribution in [2.75, 3.05) is 12.4 Å². The van der Waals surface area contributed by atoms with Crippen molar-refractivity contribution < 1.29 is 0 Å². The molecule has 0 amide bonds. The van der Waals surface area contributed by atoms with E-state index in [9.17, 15) is 0 Å². The van der Waals surface area contributed by atoms with Crippen LogP contribution in [0.3, 0.4) is 0 Å². The van der Waals surface area contributed by atoms with Crippen LogP contribution in [0.15, 0.2) is 23.8 Å². The van der Waals surface area contributed by atoms with Crippen LogP contribution in [0.25, 0.3) is 16.3 Å². The van der Waals surface area contributed by atoms with Crippen LogP contribution in [0.5, 0.6) is 0 Å².